The molecular formula is C18H21NO3. The molecule has 1 aromatic carbocycles. The quantitative estimate of drug-likeness (QED) is 0.634. The Morgan fingerprint density at radius 3 is 2.55 bits per heavy atom. The summed E-state index contributed by atoms with van der Waals surface area (Å²) >= 11 is 0. The van der Waals surface area contributed by atoms with E-state index in [1.54, 1.807) is 0 Å². The van der Waals surface area contributed by atoms with Gasteiger partial charge in [0.2, 0.25) is 5.91 Å². The van der Waals surface area contributed by atoms with Crippen LogP contribution in [0.3, 0.4) is 0 Å². The van der Waals surface area contributed by atoms with E-state index in [0.29, 0.717) is 6.42 Å². The maximum absolute atomic E-state index is 12.7. The number of amides is 1. The number of nitrogens with zero attached hydrogens (tertiary/aromatic N) is 1. The van der Waals surface area contributed by atoms with Crippen molar-refractivity contribution in [1.82, 2.24) is 4.90 Å². The van der Waals surface area contributed by atoms with Crippen LogP contribution in [0, 0.1) is 11.3 Å². The lowest BCUT2D eigenvalue weighted by Gasteiger charge is -2.21. The molecule has 4 heteroatoms. The fourth-order valence-electron chi connectivity index (χ4n) is 3.26. The summed E-state index contributed by atoms with van der Waals surface area (Å²) in [6.07, 6.45) is 6.55. The number of carbonyl (C=O) groups excluding carboxylic acids is 2. The first-order chi connectivity index (χ1) is 10.7. The Balaban J connectivity index is 1.77. The third-order valence-electron chi connectivity index (χ3n) is 4.66. The van der Waals surface area contributed by atoms with E-state index < -0.39 is 11.4 Å². The largest absolute Gasteiger partial charge is 0.468 e. The Hall–Kier alpha value is -2.10. The molecule has 1 heterocycles. The fourth-order valence-corrected chi connectivity index (χ4v) is 3.26. The van der Waals surface area contributed by atoms with E-state index in [4.69, 9.17) is 4.74 Å². The normalized spacial score (nSPS) is 27.1. The highest BCUT2D eigenvalue weighted by Gasteiger charge is 2.66. The lowest BCUT2D eigenvalue weighted by molar-refractivity contribution is -0.156. The number of carbonyl (C=O) groups is 2. The van der Waals surface area contributed by atoms with Gasteiger partial charge in [-0.3, -0.25) is 9.59 Å². The molecule has 1 saturated carbocycles. The third-order valence-corrected chi connectivity index (χ3v) is 4.66. The fraction of sp³-hybridized carbons (Fsp3) is 0.444. The zero-order valence-electron chi connectivity index (χ0n) is 12.8. The van der Waals surface area contributed by atoms with E-state index >= 15 is 0 Å². The smallest absolute Gasteiger partial charge is 0.322 e. The van der Waals surface area contributed by atoms with Crippen molar-refractivity contribution in [3.05, 3.63) is 42.0 Å². The summed E-state index contributed by atoms with van der Waals surface area (Å²) in [7, 11) is 1.36. The molecule has 1 aromatic rings. The Labute approximate surface area is 130 Å². The molecule has 1 saturated heterocycles. The van der Waals surface area contributed by atoms with Gasteiger partial charge in [0.1, 0.15) is 0 Å². The molecule has 116 valence electrons. The SMILES string of the molecule is COC(=O)[C@]1(C(=O)N2CCCC2)C[C@@H]1/C=C/c1ccccc1. The maximum atomic E-state index is 12.7. The summed E-state index contributed by atoms with van der Waals surface area (Å²) in [5.41, 5.74) is 0.0893. The Bertz CT molecular complexity index is 590. The lowest BCUT2D eigenvalue weighted by atomic mass is 10.0. The van der Waals surface area contributed by atoms with E-state index in [0.717, 1.165) is 31.5 Å². The van der Waals surface area contributed by atoms with Crippen molar-refractivity contribution in [1.29, 1.82) is 0 Å². The highest BCUT2D eigenvalue weighted by Crippen LogP contribution is 2.56. The number of hydrogen-bond acceptors (Lipinski definition) is 3. The van der Waals surface area contributed by atoms with E-state index in [2.05, 4.69) is 0 Å². The Kier molecular flexibility index (Phi) is 4.01. The number of likely N-dealkylation sites (tertiary alicyclic amines) is 1. The van der Waals surface area contributed by atoms with Crippen molar-refractivity contribution in [2.24, 2.45) is 11.3 Å². The molecule has 22 heavy (non-hydrogen) atoms. The van der Waals surface area contributed by atoms with Crippen molar-refractivity contribution in [3.8, 4) is 0 Å². The molecule has 0 N–H and O–H groups in total. The molecule has 4 nitrogen and oxygen atoms in total. The summed E-state index contributed by atoms with van der Waals surface area (Å²) in [6, 6.07) is 9.90. The van der Waals surface area contributed by atoms with E-state index in [1.165, 1.54) is 7.11 Å². The molecule has 0 radical (unpaired) electrons. The molecule has 2 fully saturated rings. The summed E-state index contributed by atoms with van der Waals surface area (Å²) in [5.74, 6) is -0.514. The average Bonchev–Trinajstić information content (AvgIpc) is 3.03. The first-order valence-electron chi connectivity index (χ1n) is 7.79. The third kappa shape index (κ3) is 2.54. The zero-order chi connectivity index (χ0) is 15.6. The highest BCUT2D eigenvalue weighted by atomic mass is 16.5. The van der Waals surface area contributed by atoms with Gasteiger partial charge in [0, 0.05) is 19.0 Å². The van der Waals surface area contributed by atoms with Gasteiger partial charge in [-0.2, -0.15) is 0 Å². The highest BCUT2D eigenvalue weighted by molar-refractivity contribution is 6.06. The van der Waals surface area contributed by atoms with Crippen molar-refractivity contribution in [2.75, 3.05) is 20.2 Å². The van der Waals surface area contributed by atoms with Crippen LogP contribution in [0.2, 0.25) is 0 Å². The van der Waals surface area contributed by atoms with Gasteiger partial charge in [-0.05, 0) is 24.8 Å². The predicted molar refractivity (Wildman–Crippen MR) is 83.8 cm³/mol. The van der Waals surface area contributed by atoms with Gasteiger partial charge in [0.05, 0.1) is 7.11 Å². The molecule has 1 amide bonds. The maximum Gasteiger partial charge on any atom is 0.322 e. The number of ether oxygens (including phenoxy) is 1. The van der Waals surface area contributed by atoms with Crippen LogP contribution >= 0.6 is 0 Å². The van der Waals surface area contributed by atoms with Gasteiger partial charge in [-0.25, -0.2) is 0 Å². The molecule has 2 aliphatic rings. The first kappa shape index (κ1) is 14.8. The summed E-state index contributed by atoms with van der Waals surface area (Å²) in [5, 5.41) is 0. The molecule has 0 unspecified atom stereocenters. The van der Waals surface area contributed by atoms with Crippen LogP contribution < -0.4 is 0 Å². The molecule has 0 bridgehead atoms. The van der Waals surface area contributed by atoms with E-state index in [1.807, 2.05) is 47.4 Å². The second kappa shape index (κ2) is 5.95. The van der Waals surface area contributed by atoms with Crippen LogP contribution in [-0.2, 0) is 14.3 Å². The van der Waals surface area contributed by atoms with E-state index in [-0.39, 0.29) is 11.8 Å². The van der Waals surface area contributed by atoms with Crippen LogP contribution in [-0.4, -0.2) is 37.0 Å². The zero-order valence-corrected chi connectivity index (χ0v) is 12.8. The summed E-state index contributed by atoms with van der Waals surface area (Å²) < 4.78 is 4.92. The summed E-state index contributed by atoms with van der Waals surface area (Å²) in [6.45, 7) is 1.51. The molecule has 2 atom stereocenters. The second-order valence-electron chi connectivity index (χ2n) is 6.04. The Morgan fingerprint density at radius 2 is 1.91 bits per heavy atom. The minimum atomic E-state index is -0.982. The van der Waals surface area contributed by atoms with Crippen LogP contribution in [0.5, 0.6) is 0 Å². The van der Waals surface area contributed by atoms with Crippen molar-refractivity contribution < 1.29 is 14.3 Å². The number of esters is 1. The van der Waals surface area contributed by atoms with E-state index in [9.17, 15) is 9.59 Å². The molecular weight excluding hydrogens is 278 g/mol. The topological polar surface area (TPSA) is 46.6 Å². The van der Waals surface area contributed by atoms with Crippen molar-refractivity contribution in [3.63, 3.8) is 0 Å². The van der Waals surface area contributed by atoms with Crippen molar-refractivity contribution >= 4 is 18.0 Å². The molecule has 1 aliphatic carbocycles. The van der Waals surface area contributed by atoms with Gasteiger partial charge in [0.15, 0.2) is 5.41 Å². The molecule has 3 rings (SSSR count). The molecule has 0 aromatic heterocycles. The average molecular weight is 299 g/mol. The van der Waals surface area contributed by atoms with Crippen LogP contribution in [0.15, 0.2) is 36.4 Å². The number of rotatable bonds is 4. The van der Waals surface area contributed by atoms with Crippen LogP contribution in [0.25, 0.3) is 6.08 Å². The summed E-state index contributed by atoms with van der Waals surface area (Å²) in [4.78, 5) is 26.8. The number of benzene rings is 1. The van der Waals surface area contributed by atoms with Crippen LogP contribution in [0.1, 0.15) is 24.8 Å². The minimum Gasteiger partial charge on any atom is -0.468 e. The minimum absolute atomic E-state index is 0.0560. The van der Waals surface area contributed by atoms with Gasteiger partial charge >= 0.3 is 5.97 Å². The van der Waals surface area contributed by atoms with Gasteiger partial charge in [-0.15, -0.1) is 0 Å². The van der Waals surface area contributed by atoms with Gasteiger partial charge < -0.3 is 9.64 Å². The van der Waals surface area contributed by atoms with Gasteiger partial charge in [0.25, 0.3) is 0 Å². The van der Waals surface area contributed by atoms with Gasteiger partial charge in [-0.1, -0.05) is 42.5 Å². The van der Waals surface area contributed by atoms with Crippen LogP contribution in [0.4, 0.5) is 0 Å². The first-order valence-corrected chi connectivity index (χ1v) is 7.79. The predicted octanol–water partition coefficient (Wildman–Crippen LogP) is 2.50. The number of hydrogen-bond donors (Lipinski definition) is 0. The number of allylic oxidation sites excluding steroid dienone is 1. The van der Waals surface area contributed by atoms with Crippen molar-refractivity contribution in [2.45, 2.75) is 19.3 Å². The molecule has 1 aliphatic heterocycles. The Morgan fingerprint density at radius 1 is 1.23 bits per heavy atom. The second-order valence-corrected chi connectivity index (χ2v) is 6.04. The standard InChI is InChI=1S/C18H21NO3/c1-22-17(21)18(16(20)19-11-5-6-12-19)13-15(18)10-9-14-7-3-2-4-8-14/h2-4,7-10,15H,5-6,11-13H2,1H3/b10-9+/t15-,18+/m0/s1. The molecule has 0 spiro atoms. The lowest BCUT2D eigenvalue weighted by Crippen LogP contribution is -2.40. The monoisotopic (exact) mass is 299 g/mol. The number of methoxy groups -OCH3 is 1.